The molecule has 0 N–H and O–H groups in total. The summed E-state index contributed by atoms with van der Waals surface area (Å²) in [4.78, 5) is 40.3. The molecule has 1 aromatic rings. The van der Waals surface area contributed by atoms with Crippen molar-refractivity contribution in [2.75, 3.05) is 31.7 Å². The van der Waals surface area contributed by atoms with Crippen molar-refractivity contribution >= 4 is 44.7 Å². The van der Waals surface area contributed by atoms with Gasteiger partial charge in [0.2, 0.25) is 5.91 Å². The molecule has 0 saturated carbocycles. The Hall–Kier alpha value is -2.33. The lowest BCUT2D eigenvalue weighted by molar-refractivity contribution is -0.137. The molecule has 1 atom stereocenters. The fraction of sp³-hybridized carbons (Fsp3) is 0.421. The molecular formula is C19H22N2O6S2. The summed E-state index contributed by atoms with van der Waals surface area (Å²) < 4.78 is 28.7. The molecule has 3 rings (SSSR count). The smallest absolute Gasteiger partial charge is 0.294 e. The molecule has 2 aliphatic heterocycles. The van der Waals surface area contributed by atoms with Gasteiger partial charge in [-0.15, -0.1) is 0 Å². The molecule has 0 aromatic heterocycles. The maximum absolute atomic E-state index is 12.7. The van der Waals surface area contributed by atoms with E-state index in [1.807, 2.05) is 0 Å². The van der Waals surface area contributed by atoms with Gasteiger partial charge in [0.25, 0.3) is 11.1 Å². The van der Waals surface area contributed by atoms with Gasteiger partial charge < -0.3 is 9.64 Å². The van der Waals surface area contributed by atoms with Crippen LogP contribution in [0.25, 0.3) is 6.08 Å². The fourth-order valence-corrected chi connectivity index (χ4v) is 6.01. The first-order valence-corrected chi connectivity index (χ1v) is 11.8. The number of ether oxygens (including phenoxy) is 1. The van der Waals surface area contributed by atoms with Crippen molar-refractivity contribution in [3.8, 4) is 5.75 Å². The summed E-state index contributed by atoms with van der Waals surface area (Å²) in [5.74, 6) is -0.452. The van der Waals surface area contributed by atoms with Gasteiger partial charge in [0, 0.05) is 18.2 Å². The normalized spacial score (nSPS) is 22.3. The van der Waals surface area contributed by atoms with E-state index in [1.165, 1.54) is 12.0 Å². The molecular weight excluding hydrogens is 416 g/mol. The molecule has 29 heavy (non-hydrogen) atoms. The predicted molar refractivity (Wildman–Crippen MR) is 110 cm³/mol. The molecule has 156 valence electrons. The second kappa shape index (κ2) is 8.58. The Labute approximate surface area is 173 Å². The Morgan fingerprint density at radius 3 is 2.69 bits per heavy atom. The van der Waals surface area contributed by atoms with Gasteiger partial charge in [0.05, 0.1) is 23.5 Å². The van der Waals surface area contributed by atoms with Crippen molar-refractivity contribution in [2.45, 2.75) is 19.4 Å². The van der Waals surface area contributed by atoms with Crippen molar-refractivity contribution in [3.63, 3.8) is 0 Å². The molecule has 0 aliphatic carbocycles. The molecule has 0 unspecified atom stereocenters. The highest BCUT2D eigenvalue weighted by Gasteiger charge is 2.39. The average Bonchev–Trinajstić information content (AvgIpc) is 3.16. The van der Waals surface area contributed by atoms with E-state index >= 15 is 0 Å². The van der Waals surface area contributed by atoms with Crippen LogP contribution in [0, 0.1) is 0 Å². The molecule has 2 fully saturated rings. The van der Waals surface area contributed by atoms with E-state index in [9.17, 15) is 22.8 Å². The monoisotopic (exact) mass is 438 g/mol. The summed E-state index contributed by atoms with van der Waals surface area (Å²) in [6, 6.07) is 6.67. The number of para-hydroxylation sites is 1. The van der Waals surface area contributed by atoms with E-state index in [1.54, 1.807) is 37.3 Å². The van der Waals surface area contributed by atoms with Crippen LogP contribution in [0.3, 0.4) is 0 Å². The van der Waals surface area contributed by atoms with Crippen LogP contribution in [0.1, 0.15) is 18.9 Å². The molecule has 2 aliphatic rings. The van der Waals surface area contributed by atoms with Gasteiger partial charge in [0.1, 0.15) is 12.3 Å². The van der Waals surface area contributed by atoms with Crippen molar-refractivity contribution in [1.29, 1.82) is 0 Å². The number of benzene rings is 1. The molecule has 0 bridgehead atoms. The largest absolute Gasteiger partial charge is 0.496 e. The third-order valence-corrected chi connectivity index (χ3v) is 7.56. The number of amides is 3. The topological polar surface area (TPSA) is 101 Å². The maximum atomic E-state index is 12.7. The number of imide groups is 1. The number of sulfone groups is 1. The average molecular weight is 439 g/mol. The van der Waals surface area contributed by atoms with E-state index in [0.29, 0.717) is 24.3 Å². The van der Waals surface area contributed by atoms with Gasteiger partial charge in [-0.3, -0.25) is 19.3 Å². The van der Waals surface area contributed by atoms with E-state index in [2.05, 4.69) is 0 Å². The molecule has 0 spiro atoms. The number of thioether (sulfide) groups is 1. The number of methoxy groups -OCH3 is 1. The number of carbonyl (C=O) groups is 3. The summed E-state index contributed by atoms with van der Waals surface area (Å²) in [6.07, 6.45) is 1.94. The first-order chi connectivity index (χ1) is 13.8. The summed E-state index contributed by atoms with van der Waals surface area (Å²) in [6.45, 7) is 1.66. The molecule has 2 heterocycles. The van der Waals surface area contributed by atoms with Crippen LogP contribution in [-0.4, -0.2) is 73.0 Å². The van der Waals surface area contributed by atoms with Gasteiger partial charge in [0.15, 0.2) is 9.84 Å². The minimum absolute atomic E-state index is 0.0463. The lowest BCUT2D eigenvalue weighted by Gasteiger charge is -2.28. The van der Waals surface area contributed by atoms with Crippen LogP contribution in [0.5, 0.6) is 5.75 Å². The van der Waals surface area contributed by atoms with Crippen molar-refractivity contribution in [3.05, 3.63) is 34.7 Å². The lowest BCUT2D eigenvalue weighted by atomic mass is 10.2. The number of hydrogen-bond acceptors (Lipinski definition) is 7. The van der Waals surface area contributed by atoms with Gasteiger partial charge in [-0.25, -0.2) is 8.42 Å². The van der Waals surface area contributed by atoms with Crippen molar-refractivity contribution in [2.24, 2.45) is 0 Å². The fourth-order valence-electron chi connectivity index (χ4n) is 3.45. The predicted octanol–water partition coefficient (Wildman–Crippen LogP) is 1.77. The van der Waals surface area contributed by atoms with Crippen LogP contribution >= 0.6 is 11.8 Å². The Morgan fingerprint density at radius 1 is 1.34 bits per heavy atom. The first kappa shape index (κ1) is 21.4. The zero-order chi connectivity index (χ0) is 21.2. The second-order valence-corrected chi connectivity index (χ2v) is 9.97. The summed E-state index contributed by atoms with van der Waals surface area (Å²) in [5, 5.41) is -0.528. The highest BCUT2D eigenvalue weighted by molar-refractivity contribution is 8.18. The molecule has 8 nitrogen and oxygen atoms in total. The molecule has 10 heteroatoms. The van der Waals surface area contributed by atoms with Crippen LogP contribution in [0.2, 0.25) is 0 Å². The number of nitrogens with zero attached hydrogens (tertiary/aromatic N) is 2. The second-order valence-electron chi connectivity index (χ2n) is 6.75. The lowest BCUT2D eigenvalue weighted by Crippen LogP contribution is -2.47. The van der Waals surface area contributed by atoms with Gasteiger partial charge in [-0.2, -0.15) is 0 Å². The molecule has 1 aromatic carbocycles. The first-order valence-electron chi connectivity index (χ1n) is 9.14. The third-order valence-electron chi connectivity index (χ3n) is 4.90. The van der Waals surface area contributed by atoms with Crippen LogP contribution in [-0.2, 0) is 19.4 Å². The highest BCUT2D eigenvalue weighted by atomic mass is 32.2. The van der Waals surface area contributed by atoms with Crippen LogP contribution < -0.4 is 4.74 Å². The summed E-state index contributed by atoms with van der Waals surface area (Å²) >= 11 is 0.765. The minimum atomic E-state index is -3.15. The molecule has 0 radical (unpaired) electrons. The van der Waals surface area contributed by atoms with Crippen LogP contribution in [0.15, 0.2) is 29.2 Å². The minimum Gasteiger partial charge on any atom is -0.496 e. The summed E-state index contributed by atoms with van der Waals surface area (Å²) in [5.41, 5.74) is 0.651. The third kappa shape index (κ3) is 4.64. The quantitative estimate of drug-likeness (QED) is 0.624. The number of likely N-dealkylation sites (N-methyl/N-ethyl adjacent to an activating group) is 1. The zero-order valence-corrected chi connectivity index (χ0v) is 17.8. The van der Waals surface area contributed by atoms with Crippen molar-refractivity contribution in [1.82, 2.24) is 9.80 Å². The number of carbonyl (C=O) groups excluding carboxylic acids is 3. The Morgan fingerprint density at radius 2 is 2.07 bits per heavy atom. The zero-order valence-electron chi connectivity index (χ0n) is 16.2. The highest BCUT2D eigenvalue weighted by Crippen LogP contribution is 2.34. The van der Waals surface area contributed by atoms with Crippen LogP contribution in [0.4, 0.5) is 4.79 Å². The molecule has 2 saturated heterocycles. The Kier molecular flexibility index (Phi) is 6.33. The number of hydrogen-bond donors (Lipinski definition) is 0. The van der Waals surface area contributed by atoms with Gasteiger partial charge in [-0.05, 0) is 37.2 Å². The summed E-state index contributed by atoms with van der Waals surface area (Å²) in [7, 11) is -1.64. The van der Waals surface area contributed by atoms with E-state index < -0.39 is 39.5 Å². The van der Waals surface area contributed by atoms with Gasteiger partial charge in [-0.1, -0.05) is 18.2 Å². The number of rotatable bonds is 6. The van der Waals surface area contributed by atoms with Gasteiger partial charge >= 0.3 is 0 Å². The molecule has 3 amide bonds. The van der Waals surface area contributed by atoms with E-state index in [-0.39, 0.29) is 16.4 Å². The standard InChI is InChI=1S/C19H22N2O6S2/c1-3-20(14-8-9-29(25,26)12-14)17(22)11-21-18(23)16(28-19(21)24)10-13-6-4-5-7-15(13)27-2/h4-7,10,14H,3,8-9,11-12H2,1-2H3/b16-10-/t14-/m1/s1. The van der Waals surface area contributed by atoms with Crippen molar-refractivity contribution < 1.29 is 27.5 Å². The van der Waals surface area contributed by atoms with E-state index in [4.69, 9.17) is 4.74 Å². The van der Waals surface area contributed by atoms with E-state index in [0.717, 1.165) is 16.7 Å². The Bertz CT molecular complexity index is 973. The maximum Gasteiger partial charge on any atom is 0.294 e. The Balaban J connectivity index is 1.74. The SMILES string of the molecule is CCN(C(=O)CN1C(=O)S/C(=C\c2ccccc2OC)C1=O)[C@@H]1CCS(=O)(=O)C1.